The molecule has 0 aliphatic carbocycles. The van der Waals surface area contributed by atoms with Crippen molar-refractivity contribution in [3.63, 3.8) is 0 Å². The molecular formula is C13H16F2N2O2. The molecule has 2 rings (SSSR count). The third-order valence-electron chi connectivity index (χ3n) is 3.01. The van der Waals surface area contributed by atoms with Gasteiger partial charge in [0.2, 0.25) is 0 Å². The molecule has 4 nitrogen and oxygen atoms in total. The molecule has 0 spiro atoms. The summed E-state index contributed by atoms with van der Waals surface area (Å²) in [5.74, 6) is 0.162. The molecule has 2 N–H and O–H groups in total. The van der Waals surface area contributed by atoms with E-state index in [0.29, 0.717) is 6.54 Å². The zero-order valence-corrected chi connectivity index (χ0v) is 10.6. The van der Waals surface area contributed by atoms with Crippen LogP contribution in [0, 0.1) is 0 Å². The highest BCUT2D eigenvalue weighted by Gasteiger charge is 2.31. The minimum atomic E-state index is -2.79. The number of hydrogen-bond donors (Lipinski definition) is 1. The summed E-state index contributed by atoms with van der Waals surface area (Å²) in [5, 5.41) is 0. The van der Waals surface area contributed by atoms with E-state index in [1.165, 1.54) is 12.1 Å². The quantitative estimate of drug-likeness (QED) is 0.893. The van der Waals surface area contributed by atoms with Crippen LogP contribution in [0.3, 0.4) is 0 Å². The van der Waals surface area contributed by atoms with Crippen LogP contribution in [0.25, 0.3) is 0 Å². The Hall–Kier alpha value is -1.85. The second kappa shape index (κ2) is 5.42. The predicted molar refractivity (Wildman–Crippen MR) is 67.4 cm³/mol. The standard InChI is InChI=1S/C13H16F2N2O2/c1-13(8-17-12(16)19-13)7-6-9-2-4-10(5-3-9)18-11(14)15/h2-5,11H,6-8H2,1H3,(H2,16,17). The van der Waals surface area contributed by atoms with Crippen molar-refractivity contribution in [3.8, 4) is 5.75 Å². The van der Waals surface area contributed by atoms with Gasteiger partial charge in [0.25, 0.3) is 6.02 Å². The molecule has 1 aromatic carbocycles. The van der Waals surface area contributed by atoms with Crippen molar-refractivity contribution in [3.05, 3.63) is 29.8 Å². The van der Waals surface area contributed by atoms with Crippen molar-refractivity contribution < 1.29 is 18.3 Å². The third kappa shape index (κ3) is 3.81. The van der Waals surface area contributed by atoms with Gasteiger partial charge in [0.05, 0.1) is 6.54 Å². The van der Waals surface area contributed by atoms with Crippen molar-refractivity contribution >= 4 is 6.02 Å². The lowest BCUT2D eigenvalue weighted by Gasteiger charge is -2.22. The maximum absolute atomic E-state index is 12.0. The fourth-order valence-electron chi connectivity index (χ4n) is 1.94. The van der Waals surface area contributed by atoms with E-state index >= 15 is 0 Å². The Kier molecular flexibility index (Phi) is 3.87. The van der Waals surface area contributed by atoms with Crippen LogP contribution in [0.5, 0.6) is 5.75 Å². The number of rotatable bonds is 5. The highest BCUT2D eigenvalue weighted by Crippen LogP contribution is 2.24. The van der Waals surface area contributed by atoms with Crippen LogP contribution >= 0.6 is 0 Å². The topological polar surface area (TPSA) is 56.8 Å². The summed E-state index contributed by atoms with van der Waals surface area (Å²) in [6.07, 6.45) is 1.51. The third-order valence-corrected chi connectivity index (χ3v) is 3.01. The molecule has 0 saturated carbocycles. The Balaban J connectivity index is 1.87. The van der Waals surface area contributed by atoms with Crippen LogP contribution in [0.2, 0.25) is 0 Å². The monoisotopic (exact) mass is 270 g/mol. The Bertz CT molecular complexity index is 462. The SMILES string of the molecule is CC1(CCc2ccc(OC(F)F)cc2)CN=C(N)O1. The van der Waals surface area contributed by atoms with Crippen LogP contribution in [0.15, 0.2) is 29.3 Å². The Labute approximate surface area is 110 Å². The molecule has 0 aromatic heterocycles. The first-order valence-corrected chi connectivity index (χ1v) is 6.00. The number of hydrogen-bond acceptors (Lipinski definition) is 4. The lowest BCUT2D eigenvalue weighted by atomic mass is 9.97. The first-order valence-electron chi connectivity index (χ1n) is 6.00. The number of benzene rings is 1. The first-order chi connectivity index (χ1) is 8.97. The van der Waals surface area contributed by atoms with Crippen LogP contribution in [-0.2, 0) is 11.2 Å². The van der Waals surface area contributed by atoms with E-state index in [2.05, 4.69) is 9.73 Å². The first kappa shape index (κ1) is 13.6. The maximum Gasteiger partial charge on any atom is 0.387 e. The van der Waals surface area contributed by atoms with E-state index in [1.807, 2.05) is 6.92 Å². The second-order valence-electron chi connectivity index (χ2n) is 4.73. The predicted octanol–water partition coefficient (Wildman–Crippen LogP) is 2.32. The summed E-state index contributed by atoms with van der Waals surface area (Å²) in [6.45, 7) is -0.299. The van der Waals surface area contributed by atoms with E-state index in [0.717, 1.165) is 18.4 Å². The van der Waals surface area contributed by atoms with E-state index in [4.69, 9.17) is 10.5 Å². The van der Waals surface area contributed by atoms with Gasteiger partial charge >= 0.3 is 6.61 Å². The smallest absolute Gasteiger partial charge is 0.387 e. The largest absolute Gasteiger partial charge is 0.457 e. The number of aliphatic imine (C=N–C) groups is 1. The molecule has 0 fully saturated rings. The summed E-state index contributed by atoms with van der Waals surface area (Å²) < 4.78 is 33.7. The summed E-state index contributed by atoms with van der Waals surface area (Å²) in [5.41, 5.74) is 6.14. The maximum atomic E-state index is 12.0. The summed E-state index contributed by atoms with van der Waals surface area (Å²) >= 11 is 0. The lowest BCUT2D eigenvalue weighted by molar-refractivity contribution is -0.0498. The van der Waals surface area contributed by atoms with Gasteiger partial charge in [0, 0.05) is 0 Å². The van der Waals surface area contributed by atoms with E-state index < -0.39 is 6.61 Å². The molecule has 1 aliphatic rings. The minimum absolute atomic E-state index is 0.162. The van der Waals surface area contributed by atoms with E-state index in [9.17, 15) is 8.78 Å². The van der Waals surface area contributed by atoms with Gasteiger partial charge < -0.3 is 15.2 Å². The van der Waals surface area contributed by atoms with Crippen molar-refractivity contribution in [1.29, 1.82) is 0 Å². The van der Waals surface area contributed by atoms with Crippen LogP contribution in [-0.4, -0.2) is 24.8 Å². The number of aryl methyl sites for hydroxylation is 1. The number of ether oxygens (including phenoxy) is 2. The molecular weight excluding hydrogens is 254 g/mol. The molecule has 0 amide bonds. The second-order valence-corrected chi connectivity index (χ2v) is 4.73. The van der Waals surface area contributed by atoms with Gasteiger partial charge in [-0.3, -0.25) is 0 Å². The number of halogens is 2. The van der Waals surface area contributed by atoms with Gasteiger partial charge in [0.15, 0.2) is 0 Å². The molecule has 6 heteroatoms. The fraction of sp³-hybridized carbons (Fsp3) is 0.462. The highest BCUT2D eigenvalue weighted by molar-refractivity contribution is 5.73. The van der Waals surface area contributed by atoms with Gasteiger partial charge in [-0.05, 0) is 37.5 Å². The Morgan fingerprint density at radius 2 is 2.11 bits per heavy atom. The van der Waals surface area contributed by atoms with Gasteiger partial charge in [-0.1, -0.05) is 12.1 Å². The molecule has 0 saturated heterocycles. The molecule has 0 bridgehead atoms. The van der Waals surface area contributed by atoms with Gasteiger partial charge in [0.1, 0.15) is 11.4 Å². The van der Waals surface area contributed by atoms with Gasteiger partial charge in [-0.25, -0.2) is 4.99 Å². The minimum Gasteiger partial charge on any atom is -0.457 e. The zero-order chi connectivity index (χ0) is 13.9. The average Bonchev–Trinajstić information content (AvgIpc) is 2.68. The lowest BCUT2D eigenvalue weighted by Crippen LogP contribution is -2.31. The van der Waals surface area contributed by atoms with Crippen molar-refractivity contribution in [2.75, 3.05) is 6.54 Å². The molecule has 1 atom stereocenters. The number of alkyl halides is 2. The molecule has 1 aromatic rings. The van der Waals surface area contributed by atoms with Crippen LogP contribution in [0.4, 0.5) is 8.78 Å². The van der Waals surface area contributed by atoms with Gasteiger partial charge in [-0.15, -0.1) is 0 Å². The molecule has 19 heavy (non-hydrogen) atoms. The Morgan fingerprint density at radius 1 is 1.42 bits per heavy atom. The average molecular weight is 270 g/mol. The molecule has 1 aliphatic heterocycles. The molecule has 0 radical (unpaired) electrons. The molecule has 1 unspecified atom stereocenters. The highest BCUT2D eigenvalue weighted by atomic mass is 19.3. The van der Waals surface area contributed by atoms with Crippen molar-refractivity contribution in [2.24, 2.45) is 10.7 Å². The van der Waals surface area contributed by atoms with Crippen molar-refractivity contribution in [2.45, 2.75) is 32.0 Å². The number of amidine groups is 1. The van der Waals surface area contributed by atoms with Crippen LogP contribution < -0.4 is 10.5 Å². The van der Waals surface area contributed by atoms with E-state index in [1.54, 1.807) is 12.1 Å². The normalized spacial score (nSPS) is 22.2. The number of nitrogens with two attached hydrogens (primary N) is 1. The Morgan fingerprint density at radius 3 is 2.63 bits per heavy atom. The summed E-state index contributed by atoms with van der Waals surface area (Å²) in [7, 11) is 0. The summed E-state index contributed by atoms with van der Waals surface area (Å²) in [6, 6.07) is 6.82. The van der Waals surface area contributed by atoms with Crippen molar-refractivity contribution in [1.82, 2.24) is 0 Å². The zero-order valence-electron chi connectivity index (χ0n) is 10.6. The van der Waals surface area contributed by atoms with E-state index in [-0.39, 0.29) is 17.4 Å². The molecule has 1 heterocycles. The fourth-order valence-corrected chi connectivity index (χ4v) is 1.94. The number of nitrogens with zero attached hydrogens (tertiary/aromatic N) is 1. The van der Waals surface area contributed by atoms with Gasteiger partial charge in [-0.2, -0.15) is 8.78 Å². The van der Waals surface area contributed by atoms with Crippen LogP contribution in [0.1, 0.15) is 18.9 Å². The summed E-state index contributed by atoms with van der Waals surface area (Å²) in [4.78, 5) is 4.02. The molecule has 104 valence electrons.